The summed E-state index contributed by atoms with van der Waals surface area (Å²) >= 11 is 0. The largest absolute Gasteiger partial charge is 0.467 e. The molecule has 1 atom stereocenters. The molecule has 0 spiro atoms. The summed E-state index contributed by atoms with van der Waals surface area (Å²) in [5.74, 6) is -0.384. The standard InChI is InChI=1S/C19H19N3O3/c1-19(24,17(23)25-2)12-20-18-21-15-11-7-6-10-14(15)16(22-18)13-8-4-3-5-9-13/h3-11,24H,12H2,1-2H3,(H,20,21,22)/t19-/m1/s1. The van der Waals surface area contributed by atoms with Crippen molar-refractivity contribution < 1.29 is 14.6 Å². The van der Waals surface area contributed by atoms with E-state index in [0.29, 0.717) is 5.95 Å². The van der Waals surface area contributed by atoms with Crippen LogP contribution in [0.1, 0.15) is 6.92 Å². The third-order valence-electron chi connectivity index (χ3n) is 3.87. The topological polar surface area (TPSA) is 84.3 Å². The normalized spacial score (nSPS) is 13.2. The molecule has 0 bridgehead atoms. The Morgan fingerprint density at radius 2 is 1.80 bits per heavy atom. The van der Waals surface area contributed by atoms with E-state index < -0.39 is 11.6 Å². The molecule has 0 radical (unpaired) electrons. The van der Waals surface area contributed by atoms with Crippen LogP contribution >= 0.6 is 0 Å². The summed E-state index contributed by atoms with van der Waals surface area (Å²) in [5, 5.41) is 14.0. The summed E-state index contributed by atoms with van der Waals surface area (Å²) < 4.78 is 4.60. The molecule has 0 saturated heterocycles. The van der Waals surface area contributed by atoms with Crippen LogP contribution in [0.4, 0.5) is 5.95 Å². The van der Waals surface area contributed by atoms with Gasteiger partial charge in [-0.15, -0.1) is 0 Å². The molecule has 0 aliphatic rings. The number of methoxy groups -OCH3 is 1. The van der Waals surface area contributed by atoms with E-state index in [1.165, 1.54) is 14.0 Å². The highest BCUT2D eigenvalue weighted by Crippen LogP contribution is 2.27. The number of fused-ring (bicyclic) bond motifs is 1. The summed E-state index contributed by atoms with van der Waals surface area (Å²) in [5.41, 5.74) is 0.850. The van der Waals surface area contributed by atoms with Gasteiger partial charge in [-0.25, -0.2) is 14.8 Å². The number of carbonyl (C=O) groups is 1. The van der Waals surface area contributed by atoms with Crippen molar-refractivity contribution in [3.8, 4) is 11.3 Å². The zero-order valence-electron chi connectivity index (χ0n) is 14.1. The maximum atomic E-state index is 11.6. The Balaban J connectivity index is 1.99. The summed E-state index contributed by atoms with van der Waals surface area (Å²) in [7, 11) is 1.23. The van der Waals surface area contributed by atoms with Gasteiger partial charge in [-0.05, 0) is 13.0 Å². The lowest BCUT2D eigenvalue weighted by atomic mass is 10.1. The Labute approximate surface area is 145 Å². The monoisotopic (exact) mass is 337 g/mol. The first kappa shape index (κ1) is 16.9. The van der Waals surface area contributed by atoms with Crippen LogP contribution < -0.4 is 5.32 Å². The van der Waals surface area contributed by atoms with Crippen LogP contribution in [0.3, 0.4) is 0 Å². The first-order valence-corrected chi connectivity index (χ1v) is 7.88. The lowest BCUT2D eigenvalue weighted by Gasteiger charge is -2.20. The molecule has 3 rings (SSSR count). The molecular formula is C19H19N3O3. The molecule has 3 aromatic rings. The molecule has 0 saturated carbocycles. The lowest BCUT2D eigenvalue weighted by molar-refractivity contribution is -0.158. The molecular weight excluding hydrogens is 318 g/mol. The molecule has 0 amide bonds. The van der Waals surface area contributed by atoms with Crippen LogP contribution in [-0.2, 0) is 9.53 Å². The zero-order valence-corrected chi connectivity index (χ0v) is 14.1. The van der Waals surface area contributed by atoms with Crippen molar-refractivity contribution in [1.29, 1.82) is 0 Å². The molecule has 6 nitrogen and oxygen atoms in total. The van der Waals surface area contributed by atoms with Gasteiger partial charge in [0.2, 0.25) is 5.95 Å². The fourth-order valence-electron chi connectivity index (χ4n) is 2.51. The van der Waals surface area contributed by atoms with Gasteiger partial charge in [0.25, 0.3) is 0 Å². The van der Waals surface area contributed by atoms with Crippen LogP contribution in [-0.4, -0.2) is 40.3 Å². The van der Waals surface area contributed by atoms with Crippen LogP contribution in [0, 0.1) is 0 Å². The summed E-state index contributed by atoms with van der Waals surface area (Å²) in [6.45, 7) is 1.32. The van der Waals surface area contributed by atoms with E-state index in [-0.39, 0.29) is 6.54 Å². The predicted molar refractivity (Wildman–Crippen MR) is 96.1 cm³/mol. The maximum Gasteiger partial charge on any atom is 0.339 e. The number of para-hydroxylation sites is 1. The Morgan fingerprint density at radius 3 is 2.52 bits per heavy atom. The molecule has 128 valence electrons. The number of hydrogen-bond acceptors (Lipinski definition) is 6. The Hall–Kier alpha value is -2.99. The summed E-state index contributed by atoms with van der Waals surface area (Å²) in [6.07, 6.45) is 0. The third-order valence-corrected chi connectivity index (χ3v) is 3.87. The Morgan fingerprint density at radius 1 is 1.12 bits per heavy atom. The third kappa shape index (κ3) is 3.59. The van der Waals surface area contributed by atoms with Crippen LogP contribution in [0.25, 0.3) is 22.2 Å². The van der Waals surface area contributed by atoms with Gasteiger partial charge >= 0.3 is 5.97 Å². The molecule has 0 fully saturated rings. The van der Waals surface area contributed by atoms with Crippen molar-refractivity contribution in [1.82, 2.24) is 9.97 Å². The van der Waals surface area contributed by atoms with Gasteiger partial charge in [-0.3, -0.25) is 0 Å². The smallest absolute Gasteiger partial charge is 0.339 e. The first-order chi connectivity index (χ1) is 12.0. The van der Waals surface area contributed by atoms with Gasteiger partial charge in [0.15, 0.2) is 5.60 Å². The molecule has 1 heterocycles. The number of esters is 1. The summed E-state index contributed by atoms with van der Waals surface area (Å²) in [6, 6.07) is 17.5. The van der Waals surface area contributed by atoms with E-state index in [0.717, 1.165) is 22.2 Å². The minimum atomic E-state index is -1.67. The molecule has 0 unspecified atom stereocenters. The number of carbonyl (C=O) groups excluding carboxylic acids is 1. The summed E-state index contributed by atoms with van der Waals surface area (Å²) in [4.78, 5) is 20.6. The Kier molecular flexibility index (Phi) is 4.63. The number of aliphatic hydroxyl groups is 1. The van der Waals surface area contributed by atoms with E-state index in [2.05, 4.69) is 20.0 Å². The number of ether oxygens (including phenoxy) is 1. The van der Waals surface area contributed by atoms with Gasteiger partial charge in [0.05, 0.1) is 24.9 Å². The number of nitrogens with one attached hydrogen (secondary N) is 1. The number of nitrogens with zero attached hydrogens (tertiary/aromatic N) is 2. The highest BCUT2D eigenvalue weighted by atomic mass is 16.5. The van der Waals surface area contributed by atoms with Crippen LogP contribution in [0.2, 0.25) is 0 Å². The lowest BCUT2D eigenvalue weighted by Crippen LogP contribution is -2.43. The molecule has 0 aliphatic heterocycles. The van der Waals surface area contributed by atoms with Gasteiger partial charge in [-0.1, -0.05) is 48.5 Å². The Bertz CT molecular complexity index is 895. The number of aromatic nitrogens is 2. The van der Waals surface area contributed by atoms with Crippen LogP contribution in [0.5, 0.6) is 0 Å². The van der Waals surface area contributed by atoms with Crippen molar-refractivity contribution in [2.45, 2.75) is 12.5 Å². The fourth-order valence-corrected chi connectivity index (χ4v) is 2.51. The minimum absolute atomic E-state index is 0.0633. The second-order valence-electron chi connectivity index (χ2n) is 5.90. The molecule has 1 aromatic heterocycles. The van der Waals surface area contributed by atoms with E-state index in [9.17, 15) is 9.90 Å². The van der Waals surface area contributed by atoms with Gasteiger partial charge < -0.3 is 15.2 Å². The second-order valence-corrected chi connectivity index (χ2v) is 5.90. The average molecular weight is 337 g/mol. The fraction of sp³-hybridized carbons (Fsp3) is 0.211. The molecule has 2 N–H and O–H groups in total. The van der Waals surface area contributed by atoms with Gasteiger partial charge in [-0.2, -0.15) is 0 Å². The van der Waals surface area contributed by atoms with Gasteiger partial charge in [0, 0.05) is 10.9 Å². The number of benzene rings is 2. The van der Waals surface area contributed by atoms with Crippen molar-refractivity contribution in [3.63, 3.8) is 0 Å². The maximum absolute atomic E-state index is 11.6. The quantitative estimate of drug-likeness (QED) is 0.696. The molecule has 2 aromatic carbocycles. The SMILES string of the molecule is COC(=O)[C@](C)(O)CNc1nc(-c2ccccc2)c2ccccc2n1. The minimum Gasteiger partial charge on any atom is -0.467 e. The number of anilines is 1. The van der Waals surface area contributed by atoms with E-state index >= 15 is 0 Å². The molecule has 0 aliphatic carbocycles. The van der Waals surface area contributed by atoms with Crippen LogP contribution in [0.15, 0.2) is 54.6 Å². The van der Waals surface area contributed by atoms with Gasteiger partial charge in [0.1, 0.15) is 0 Å². The van der Waals surface area contributed by atoms with E-state index in [1.54, 1.807) is 0 Å². The molecule has 6 heteroatoms. The second kappa shape index (κ2) is 6.86. The highest BCUT2D eigenvalue weighted by Gasteiger charge is 2.31. The number of hydrogen-bond donors (Lipinski definition) is 2. The van der Waals surface area contributed by atoms with Crippen molar-refractivity contribution in [3.05, 3.63) is 54.6 Å². The average Bonchev–Trinajstić information content (AvgIpc) is 2.65. The number of rotatable bonds is 5. The first-order valence-electron chi connectivity index (χ1n) is 7.88. The van der Waals surface area contributed by atoms with E-state index in [1.807, 2.05) is 54.6 Å². The zero-order chi connectivity index (χ0) is 17.9. The van der Waals surface area contributed by atoms with Crippen molar-refractivity contribution in [2.24, 2.45) is 0 Å². The van der Waals surface area contributed by atoms with Crippen molar-refractivity contribution >= 4 is 22.8 Å². The van der Waals surface area contributed by atoms with Crippen molar-refractivity contribution in [2.75, 3.05) is 19.0 Å². The highest BCUT2D eigenvalue weighted by molar-refractivity contribution is 5.93. The molecule has 25 heavy (non-hydrogen) atoms. The predicted octanol–water partition coefficient (Wildman–Crippen LogP) is 2.63. The van der Waals surface area contributed by atoms with E-state index in [4.69, 9.17) is 0 Å².